The fourth-order valence-electron chi connectivity index (χ4n) is 1.54. The van der Waals surface area contributed by atoms with Crippen molar-refractivity contribution in [3.8, 4) is 0 Å². The summed E-state index contributed by atoms with van der Waals surface area (Å²) in [7, 11) is 1.21. The Morgan fingerprint density at radius 1 is 1.20 bits per heavy atom. The lowest BCUT2D eigenvalue weighted by atomic mass is 10.3. The second-order valence-corrected chi connectivity index (χ2v) is 4.27. The molecule has 1 aromatic carbocycles. The molecule has 4 nitrogen and oxygen atoms in total. The van der Waals surface area contributed by atoms with Crippen LogP contribution in [-0.2, 0) is 4.74 Å². The molecule has 104 valence electrons. The molecule has 0 aliphatic heterocycles. The molecule has 2 rings (SSSR count). The number of esters is 1. The number of halogens is 3. The molecular formula is C13H9ClF2N2O2. The fourth-order valence-corrected chi connectivity index (χ4v) is 1.75. The van der Waals surface area contributed by atoms with Crippen LogP contribution in [0.2, 0.25) is 5.02 Å². The van der Waals surface area contributed by atoms with Crippen LogP contribution in [0.1, 0.15) is 10.5 Å². The van der Waals surface area contributed by atoms with Crippen molar-refractivity contribution < 1.29 is 18.3 Å². The summed E-state index contributed by atoms with van der Waals surface area (Å²) in [4.78, 5) is 15.3. The van der Waals surface area contributed by atoms with Crippen molar-refractivity contribution >= 4 is 29.1 Å². The Morgan fingerprint density at radius 3 is 2.45 bits per heavy atom. The van der Waals surface area contributed by atoms with E-state index in [4.69, 9.17) is 11.6 Å². The summed E-state index contributed by atoms with van der Waals surface area (Å²) < 4.78 is 30.7. The number of methoxy groups -OCH3 is 1. The van der Waals surface area contributed by atoms with Crippen LogP contribution in [0.4, 0.5) is 20.3 Å². The van der Waals surface area contributed by atoms with Gasteiger partial charge in [-0.3, -0.25) is 0 Å². The summed E-state index contributed by atoms with van der Waals surface area (Å²) in [6.07, 6.45) is 0. The van der Waals surface area contributed by atoms with E-state index < -0.39 is 17.6 Å². The molecule has 7 heteroatoms. The Kier molecular flexibility index (Phi) is 4.14. The summed E-state index contributed by atoms with van der Waals surface area (Å²) in [5, 5.41) is 2.90. The molecule has 0 fully saturated rings. The molecular weight excluding hydrogens is 290 g/mol. The Bertz CT molecular complexity index is 645. The van der Waals surface area contributed by atoms with Gasteiger partial charge in [0.25, 0.3) is 0 Å². The lowest BCUT2D eigenvalue weighted by Crippen LogP contribution is -2.06. The van der Waals surface area contributed by atoms with Crippen molar-refractivity contribution in [2.45, 2.75) is 0 Å². The quantitative estimate of drug-likeness (QED) is 0.881. The molecule has 0 aliphatic carbocycles. The first-order valence-electron chi connectivity index (χ1n) is 5.47. The van der Waals surface area contributed by atoms with Crippen molar-refractivity contribution in [2.24, 2.45) is 0 Å². The third kappa shape index (κ3) is 3.42. The number of carbonyl (C=O) groups is 1. The number of benzene rings is 1. The summed E-state index contributed by atoms with van der Waals surface area (Å²) in [5.74, 6) is -1.96. The average molecular weight is 299 g/mol. The first-order chi connectivity index (χ1) is 9.47. The second-order valence-electron chi connectivity index (χ2n) is 3.83. The van der Waals surface area contributed by atoms with Gasteiger partial charge >= 0.3 is 5.97 Å². The highest BCUT2D eigenvalue weighted by Gasteiger charge is 2.11. The van der Waals surface area contributed by atoms with Gasteiger partial charge in [0.15, 0.2) is 5.69 Å². The number of nitrogens with zero attached hydrogens (tertiary/aromatic N) is 1. The number of rotatable bonds is 3. The molecule has 20 heavy (non-hydrogen) atoms. The average Bonchev–Trinajstić information content (AvgIpc) is 2.35. The summed E-state index contributed by atoms with van der Waals surface area (Å²) in [6, 6.07) is 5.66. The van der Waals surface area contributed by atoms with Gasteiger partial charge in [0.05, 0.1) is 7.11 Å². The van der Waals surface area contributed by atoms with Crippen LogP contribution >= 0.6 is 11.6 Å². The minimum Gasteiger partial charge on any atom is -0.464 e. The van der Waals surface area contributed by atoms with E-state index in [1.54, 1.807) is 0 Å². The molecule has 0 saturated heterocycles. The highest BCUT2D eigenvalue weighted by molar-refractivity contribution is 6.31. The standard InChI is InChI=1S/C13H9ClF2N2O2/c1-20-13(19)11-2-7(14)3-12(18-11)17-10-5-8(15)4-9(16)6-10/h2-6H,1H3,(H,17,18). The molecule has 0 saturated carbocycles. The summed E-state index contributed by atoms with van der Waals surface area (Å²) in [5.41, 5.74) is 0.132. The monoisotopic (exact) mass is 298 g/mol. The van der Waals surface area contributed by atoms with E-state index in [-0.39, 0.29) is 22.2 Å². The van der Waals surface area contributed by atoms with Crippen LogP contribution in [0.15, 0.2) is 30.3 Å². The zero-order valence-corrected chi connectivity index (χ0v) is 11.0. The molecule has 0 spiro atoms. The van der Waals surface area contributed by atoms with Gasteiger partial charge in [-0.25, -0.2) is 18.6 Å². The highest BCUT2D eigenvalue weighted by atomic mass is 35.5. The van der Waals surface area contributed by atoms with Crippen molar-refractivity contribution in [3.05, 3.63) is 52.7 Å². The van der Waals surface area contributed by atoms with E-state index in [0.717, 1.165) is 18.2 Å². The lowest BCUT2D eigenvalue weighted by Gasteiger charge is -2.08. The number of hydrogen-bond donors (Lipinski definition) is 1. The Balaban J connectivity index is 2.33. The van der Waals surface area contributed by atoms with Crippen LogP contribution in [0.5, 0.6) is 0 Å². The summed E-state index contributed by atoms with van der Waals surface area (Å²) in [6.45, 7) is 0. The van der Waals surface area contributed by atoms with E-state index in [2.05, 4.69) is 15.0 Å². The van der Waals surface area contributed by atoms with Gasteiger partial charge in [0, 0.05) is 16.8 Å². The molecule has 0 amide bonds. The summed E-state index contributed by atoms with van der Waals surface area (Å²) >= 11 is 5.84. The van der Waals surface area contributed by atoms with E-state index in [1.165, 1.54) is 19.2 Å². The smallest absolute Gasteiger partial charge is 0.356 e. The molecule has 0 unspecified atom stereocenters. The van der Waals surface area contributed by atoms with Gasteiger partial charge in [0.1, 0.15) is 17.5 Å². The number of pyridine rings is 1. The van der Waals surface area contributed by atoms with E-state index in [1.807, 2.05) is 0 Å². The number of hydrogen-bond acceptors (Lipinski definition) is 4. The van der Waals surface area contributed by atoms with Crippen molar-refractivity contribution in [1.82, 2.24) is 4.98 Å². The maximum absolute atomic E-state index is 13.1. The maximum Gasteiger partial charge on any atom is 0.356 e. The fraction of sp³-hybridized carbons (Fsp3) is 0.0769. The molecule has 1 heterocycles. The van der Waals surface area contributed by atoms with Crippen molar-refractivity contribution in [3.63, 3.8) is 0 Å². The van der Waals surface area contributed by atoms with E-state index >= 15 is 0 Å². The molecule has 1 aromatic heterocycles. The zero-order valence-electron chi connectivity index (χ0n) is 10.3. The topological polar surface area (TPSA) is 51.2 Å². The third-order valence-electron chi connectivity index (χ3n) is 2.32. The van der Waals surface area contributed by atoms with Gasteiger partial charge < -0.3 is 10.1 Å². The zero-order chi connectivity index (χ0) is 14.7. The number of ether oxygens (including phenoxy) is 1. The highest BCUT2D eigenvalue weighted by Crippen LogP contribution is 2.21. The molecule has 2 aromatic rings. The van der Waals surface area contributed by atoms with Gasteiger partial charge in [-0.2, -0.15) is 0 Å². The Hall–Kier alpha value is -2.21. The minimum absolute atomic E-state index is 0.0145. The van der Waals surface area contributed by atoms with Crippen LogP contribution in [-0.4, -0.2) is 18.1 Å². The van der Waals surface area contributed by atoms with Crippen LogP contribution in [0.3, 0.4) is 0 Å². The third-order valence-corrected chi connectivity index (χ3v) is 2.54. The predicted octanol–water partition coefficient (Wildman–Crippen LogP) is 3.54. The van der Waals surface area contributed by atoms with E-state index in [9.17, 15) is 13.6 Å². The maximum atomic E-state index is 13.1. The largest absolute Gasteiger partial charge is 0.464 e. The molecule has 1 N–H and O–H groups in total. The number of aromatic nitrogens is 1. The first kappa shape index (κ1) is 14.2. The van der Waals surface area contributed by atoms with Gasteiger partial charge in [-0.1, -0.05) is 11.6 Å². The van der Waals surface area contributed by atoms with Gasteiger partial charge in [-0.05, 0) is 24.3 Å². The predicted molar refractivity (Wildman–Crippen MR) is 70.2 cm³/mol. The van der Waals surface area contributed by atoms with Gasteiger partial charge in [0.2, 0.25) is 0 Å². The molecule has 0 radical (unpaired) electrons. The van der Waals surface area contributed by atoms with Crippen LogP contribution in [0.25, 0.3) is 0 Å². The van der Waals surface area contributed by atoms with Crippen LogP contribution < -0.4 is 5.32 Å². The molecule has 0 atom stereocenters. The molecule has 0 bridgehead atoms. The number of nitrogens with one attached hydrogen (secondary N) is 1. The normalized spacial score (nSPS) is 10.2. The van der Waals surface area contributed by atoms with E-state index in [0.29, 0.717) is 0 Å². The Morgan fingerprint density at radius 2 is 1.85 bits per heavy atom. The second kappa shape index (κ2) is 5.83. The SMILES string of the molecule is COC(=O)c1cc(Cl)cc(Nc2cc(F)cc(F)c2)n1. The van der Waals surface area contributed by atoms with Crippen molar-refractivity contribution in [2.75, 3.05) is 12.4 Å². The number of carbonyl (C=O) groups excluding carboxylic acids is 1. The van der Waals surface area contributed by atoms with Gasteiger partial charge in [-0.15, -0.1) is 0 Å². The number of anilines is 2. The minimum atomic E-state index is -0.734. The van der Waals surface area contributed by atoms with Crippen LogP contribution in [0, 0.1) is 11.6 Å². The van der Waals surface area contributed by atoms with Crippen molar-refractivity contribution in [1.29, 1.82) is 0 Å². The Labute approximate surface area is 118 Å². The first-order valence-corrected chi connectivity index (χ1v) is 5.85. The molecule has 0 aliphatic rings. The lowest BCUT2D eigenvalue weighted by molar-refractivity contribution is 0.0594.